The number of hydrazone groups is 1. The zero-order chi connectivity index (χ0) is 14.3. The van der Waals surface area contributed by atoms with Crippen molar-refractivity contribution in [2.24, 2.45) is 10.1 Å². The summed E-state index contributed by atoms with van der Waals surface area (Å²) in [7, 11) is 0. The molecule has 0 aliphatic carbocycles. The average molecular weight is 272 g/mol. The van der Waals surface area contributed by atoms with Crippen molar-refractivity contribution in [2.45, 2.75) is 19.4 Å². The maximum absolute atomic E-state index is 11.8. The molecule has 7 nitrogen and oxygen atoms in total. The van der Waals surface area contributed by atoms with E-state index in [9.17, 15) is 9.59 Å². The van der Waals surface area contributed by atoms with Crippen molar-refractivity contribution in [3.8, 4) is 0 Å². The lowest BCUT2D eigenvalue weighted by molar-refractivity contribution is -0.140. The number of carbonyl (C=O) groups excluding carboxylic acids is 1. The fraction of sp³-hybridized carbons (Fsp3) is 0.231. The van der Waals surface area contributed by atoms with Crippen LogP contribution < -0.4 is 5.43 Å². The van der Waals surface area contributed by atoms with Gasteiger partial charge in [0, 0.05) is 5.56 Å². The molecule has 1 aromatic carbocycles. The summed E-state index contributed by atoms with van der Waals surface area (Å²) in [4.78, 5) is 28.5. The Labute approximate surface area is 114 Å². The van der Waals surface area contributed by atoms with Gasteiger partial charge >= 0.3 is 5.97 Å². The third-order valence-corrected chi connectivity index (χ3v) is 3.31. The predicted molar refractivity (Wildman–Crippen MR) is 71.9 cm³/mol. The SMILES string of the molecule is Cc1cccc2c1N=CN1C2=NNC(=O)[C@@H]1CC(=O)O. The summed E-state index contributed by atoms with van der Waals surface area (Å²) < 4.78 is 0. The molecule has 2 aliphatic rings. The normalized spacial score (nSPS) is 19.9. The van der Waals surface area contributed by atoms with E-state index in [1.807, 2.05) is 25.1 Å². The number of amides is 1. The van der Waals surface area contributed by atoms with Crippen LogP contribution in [0.5, 0.6) is 0 Å². The van der Waals surface area contributed by atoms with Crippen molar-refractivity contribution in [3.63, 3.8) is 0 Å². The Hall–Kier alpha value is -2.70. The number of para-hydroxylation sites is 1. The summed E-state index contributed by atoms with van der Waals surface area (Å²) in [5, 5.41) is 13.0. The molecule has 3 rings (SSSR count). The van der Waals surface area contributed by atoms with E-state index >= 15 is 0 Å². The zero-order valence-electron chi connectivity index (χ0n) is 10.7. The molecule has 0 fully saturated rings. The molecule has 20 heavy (non-hydrogen) atoms. The van der Waals surface area contributed by atoms with Gasteiger partial charge in [-0.3, -0.25) is 9.59 Å². The summed E-state index contributed by atoms with van der Waals surface area (Å²) in [6.45, 7) is 1.93. The maximum Gasteiger partial charge on any atom is 0.306 e. The molecule has 0 aromatic heterocycles. The van der Waals surface area contributed by atoms with Gasteiger partial charge in [-0.15, -0.1) is 0 Å². The number of aryl methyl sites for hydroxylation is 1. The first-order valence-corrected chi connectivity index (χ1v) is 6.10. The third kappa shape index (κ3) is 1.83. The first kappa shape index (κ1) is 12.3. The Morgan fingerprint density at radius 3 is 3.05 bits per heavy atom. The van der Waals surface area contributed by atoms with Crippen LogP contribution >= 0.6 is 0 Å². The second kappa shape index (κ2) is 4.44. The number of aliphatic carboxylic acids is 1. The number of hydrogen-bond acceptors (Lipinski definition) is 5. The van der Waals surface area contributed by atoms with E-state index in [0.717, 1.165) is 16.8 Å². The first-order chi connectivity index (χ1) is 9.58. The highest BCUT2D eigenvalue weighted by Crippen LogP contribution is 2.30. The molecule has 0 bridgehead atoms. The summed E-state index contributed by atoms with van der Waals surface area (Å²) in [5.41, 5.74) is 4.94. The monoisotopic (exact) mass is 272 g/mol. The van der Waals surface area contributed by atoms with Gasteiger partial charge in [-0.2, -0.15) is 5.10 Å². The fourth-order valence-corrected chi connectivity index (χ4v) is 2.34. The number of nitrogens with zero attached hydrogens (tertiary/aromatic N) is 3. The zero-order valence-corrected chi connectivity index (χ0v) is 10.7. The molecule has 0 saturated carbocycles. The van der Waals surface area contributed by atoms with Crippen molar-refractivity contribution >= 4 is 29.7 Å². The molecule has 2 N–H and O–H groups in total. The molecular formula is C13H12N4O3. The number of amidine groups is 1. The smallest absolute Gasteiger partial charge is 0.306 e. The highest BCUT2D eigenvalue weighted by atomic mass is 16.4. The van der Waals surface area contributed by atoms with Crippen LogP contribution in [0.25, 0.3) is 0 Å². The van der Waals surface area contributed by atoms with Gasteiger partial charge in [0.2, 0.25) is 0 Å². The Kier molecular flexibility index (Phi) is 2.74. The Bertz CT molecular complexity index is 666. The lowest BCUT2D eigenvalue weighted by atomic mass is 10.0. The van der Waals surface area contributed by atoms with E-state index in [4.69, 9.17) is 5.11 Å². The molecule has 0 saturated heterocycles. The van der Waals surface area contributed by atoms with Gasteiger partial charge in [-0.1, -0.05) is 12.1 Å². The molecule has 0 spiro atoms. The topological polar surface area (TPSA) is 94.4 Å². The fourth-order valence-electron chi connectivity index (χ4n) is 2.34. The van der Waals surface area contributed by atoms with Crippen LogP contribution in [-0.4, -0.2) is 40.1 Å². The molecule has 102 valence electrons. The third-order valence-electron chi connectivity index (χ3n) is 3.31. The lowest BCUT2D eigenvalue weighted by Gasteiger charge is -2.34. The van der Waals surface area contributed by atoms with E-state index in [1.54, 1.807) is 0 Å². The molecule has 1 amide bonds. The van der Waals surface area contributed by atoms with Crippen molar-refractivity contribution in [3.05, 3.63) is 29.3 Å². The van der Waals surface area contributed by atoms with Gasteiger partial charge in [-0.05, 0) is 18.6 Å². The Balaban J connectivity index is 2.07. The number of nitrogens with one attached hydrogen (secondary N) is 1. The number of carboxylic acid groups (broad SMARTS) is 1. The highest BCUT2D eigenvalue weighted by Gasteiger charge is 2.36. The minimum atomic E-state index is -1.05. The minimum Gasteiger partial charge on any atom is -0.481 e. The maximum atomic E-state index is 11.8. The van der Waals surface area contributed by atoms with Crippen molar-refractivity contribution < 1.29 is 14.7 Å². The minimum absolute atomic E-state index is 0.308. The van der Waals surface area contributed by atoms with E-state index in [0.29, 0.717) is 5.84 Å². The van der Waals surface area contributed by atoms with E-state index in [1.165, 1.54) is 11.2 Å². The van der Waals surface area contributed by atoms with Gasteiger partial charge in [0.05, 0.1) is 18.4 Å². The lowest BCUT2D eigenvalue weighted by Crippen LogP contribution is -2.54. The van der Waals surface area contributed by atoms with Crippen molar-refractivity contribution in [2.75, 3.05) is 0 Å². The number of fused-ring (bicyclic) bond motifs is 3. The van der Waals surface area contributed by atoms with Crippen LogP contribution in [0.3, 0.4) is 0 Å². The number of aliphatic imine (C=N–C) groups is 1. The number of hydrogen-bond donors (Lipinski definition) is 2. The van der Waals surface area contributed by atoms with Crippen LogP contribution in [0.4, 0.5) is 5.69 Å². The van der Waals surface area contributed by atoms with Crippen LogP contribution in [0, 0.1) is 6.92 Å². The van der Waals surface area contributed by atoms with Gasteiger partial charge in [0.25, 0.3) is 5.91 Å². The van der Waals surface area contributed by atoms with E-state index < -0.39 is 17.9 Å². The molecule has 1 aromatic rings. The molecule has 2 heterocycles. The van der Waals surface area contributed by atoms with Crippen LogP contribution in [0.15, 0.2) is 28.3 Å². The molecule has 7 heteroatoms. The molecule has 0 unspecified atom stereocenters. The highest BCUT2D eigenvalue weighted by molar-refractivity contribution is 6.14. The first-order valence-electron chi connectivity index (χ1n) is 6.10. The van der Waals surface area contributed by atoms with Crippen molar-refractivity contribution in [1.82, 2.24) is 10.3 Å². The summed E-state index contributed by atoms with van der Waals surface area (Å²) >= 11 is 0. The number of carboxylic acids is 1. The summed E-state index contributed by atoms with van der Waals surface area (Å²) in [6.07, 6.45) is 1.17. The largest absolute Gasteiger partial charge is 0.481 e. The molecule has 1 atom stereocenters. The number of carbonyl (C=O) groups is 2. The predicted octanol–water partition coefficient (Wildman–Crippen LogP) is 0.605. The molecule has 0 radical (unpaired) electrons. The summed E-state index contributed by atoms with van der Waals surface area (Å²) in [6, 6.07) is 4.82. The van der Waals surface area contributed by atoms with Gasteiger partial charge in [-0.25, -0.2) is 10.4 Å². The van der Waals surface area contributed by atoms with E-state index in [-0.39, 0.29) is 6.42 Å². The van der Waals surface area contributed by atoms with Crippen molar-refractivity contribution in [1.29, 1.82) is 0 Å². The summed E-state index contributed by atoms with van der Waals surface area (Å²) in [5.74, 6) is -0.974. The van der Waals surface area contributed by atoms with Crippen LogP contribution in [-0.2, 0) is 9.59 Å². The standard InChI is InChI=1S/C13H12N4O3/c1-7-3-2-4-8-11(7)14-6-17-9(5-10(18)19)13(20)16-15-12(8)17/h2-4,6,9H,5H2,1H3,(H,16,20)(H,18,19)/t9-/m0/s1. The van der Waals surface area contributed by atoms with Gasteiger partial charge < -0.3 is 10.0 Å². The quantitative estimate of drug-likeness (QED) is 0.824. The van der Waals surface area contributed by atoms with Crippen LogP contribution in [0.2, 0.25) is 0 Å². The molecular weight excluding hydrogens is 260 g/mol. The van der Waals surface area contributed by atoms with Gasteiger partial charge in [0.1, 0.15) is 6.04 Å². The number of benzene rings is 1. The van der Waals surface area contributed by atoms with E-state index in [2.05, 4.69) is 15.5 Å². The Morgan fingerprint density at radius 2 is 2.30 bits per heavy atom. The average Bonchev–Trinajstić information content (AvgIpc) is 2.41. The van der Waals surface area contributed by atoms with Crippen LogP contribution in [0.1, 0.15) is 17.5 Å². The number of rotatable bonds is 2. The molecule has 2 aliphatic heterocycles. The second-order valence-electron chi connectivity index (χ2n) is 4.65. The van der Waals surface area contributed by atoms with Gasteiger partial charge in [0.15, 0.2) is 5.84 Å². The second-order valence-corrected chi connectivity index (χ2v) is 4.65. The Morgan fingerprint density at radius 1 is 1.50 bits per heavy atom.